The van der Waals surface area contributed by atoms with Crippen molar-refractivity contribution in [2.45, 2.75) is 40.0 Å². The van der Waals surface area contributed by atoms with Crippen LogP contribution in [-0.2, 0) is 12.8 Å². The minimum absolute atomic E-state index is 0.176. The Hall–Kier alpha value is -3.08. The summed E-state index contributed by atoms with van der Waals surface area (Å²) in [6, 6.07) is 11.8. The molecule has 5 heteroatoms. The molecule has 1 aliphatic carbocycles. The van der Waals surface area contributed by atoms with Crippen LogP contribution in [0.1, 0.15) is 44.9 Å². The fraction of sp³-hybridized carbons (Fsp3) is 0.273. The topological polar surface area (TPSA) is 72.9 Å². The molecule has 0 aliphatic heterocycles. The summed E-state index contributed by atoms with van der Waals surface area (Å²) in [7, 11) is 0. The van der Waals surface area contributed by atoms with Crippen LogP contribution in [0.2, 0.25) is 0 Å². The third kappa shape index (κ3) is 3.10. The number of nitrogen functional groups attached to an aromatic ring is 1. The fourth-order valence-electron chi connectivity index (χ4n) is 3.82. The molecule has 3 aromatic rings. The summed E-state index contributed by atoms with van der Waals surface area (Å²) in [5.74, 6) is -0.176. The van der Waals surface area contributed by atoms with Crippen molar-refractivity contribution in [3.8, 4) is 5.69 Å². The van der Waals surface area contributed by atoms with Crippen LogP contribution >= 0.6 is 0 Å². The van der Waals surface area contributed by atoms with Crippen LogP contribution in [0.25, 0.3) is 5.69 Å². The third-order valence-electron chi connectivity index (χ3n) is 5.24. The fourth-order valence-corrected chi connectivity index (χ4v) is 3.82. The van der Waals surface area contributed by atoms with Crippen LogP contribution in [0.3, 0.4) is 0 Å². The van der Waals surface area contributed by atoms with E-state index in [0.29, 0.717) is 11.4 Å². The Labute approximate surface area is 159 Å². The number of nitrogens with one attached hydrogen (secondary N) is 1. The standard InChI is InChI=1S/C22H24N4O/c1-13-7-10-19(15(3)11-13)26-20-6-4-5-17(20)21(25-26)22(27)24-18-12-16(23)9-8-14(18)2/h7-12H,4-6,23H2,1-3H3,(H,24,27). The van der Waals surface area contributed by atoms with Gasteiger partial charge in [0.15, 0.2) is 5.69 Å². The van der Waals surface area contributed by atoms with Gasteiger partial charge in [0.1, 0.15) is 0 Å². The number of nitrogens with two attached hydrogens (primary N) is 1. The van der Waals surface area contributed by atoms with Gasteiger partial charge in [0.2, 0.25) is 0 Å². The monoisotopic (exact) mass is 360 g/mol. The number of nitrogens with zero attached hydrogens (tertiary/aromatic N) is 2. The number of carbonyl (C=O) groups excluding carboxylic acids is 1. The zero-order valence-corrected chi connectivity index (χ0v) is 16.0. The first-order valence-electron chi connectivity index (χ1n) is 9.30. The number of carbonyl (C=O) groups is 1. The van der Waals surface area contributed by atoms with Crippen LogP contribution < -0.4 is 11.1 Å². The molecule has 0 saturated carbocycles. The Morgan fingerprint density at radius 1 is 1.07 bits per heavy atom. The molecule has 0 radical (unpaired) electrons. The third-order valence-corrected chi connectivity index (χ3v) is 5.24. The zero-order valence-electron chi connectivity index (χ0n) is 16.0. The molecule has 5 nitrogen and oxygen atoms in total. The predicted octanol–water partition coefficient (Wildman–Crippen LogP) is 4.12. The summed E-state index contributed by atoms with van der Waals surface area (Å²) in [5.41, 5.74) is 14.3. The van der Waals surface area contributed by atoms with Crippen LogP contribution in [0.5, 0.6) is 0 Å². The maximum atomic E-state index is 13.0. The van der Waals surface area contributed by atoms with E-state index in [-0.39, 0.29) is 5.91 Å². The smallest absolute Gasteiger partial charge is 0.276 e. The predicted molar refractivity (Wildman–Crippen MR) is 109 cm³/mol. The first-order valence-corrected chi connectivity index (χ1v) is 9.30. The highest BCUT2D eigenvalue weighted by Crippen LogP contribution is 2.30. The van der Waals surface area contributed by atoms with Crippen molar-refractivity contribution in [3.63, 3.8) is 0 Å². The zero-order chi connectivity index (χ0) is 19.1. The highest BCUT2D eigenvalue weighted by Gasteiger charge is 2.27. The molecule has 138 valence electrons. The van der Waals surface area contributed by atoms with Crippen molar-refractivity contribution in [2.24, 2.45) is 0 Å². The quantitative estimate of drug-likeness (QED) is 0.690. The highest BCUT2D eigenvalue weighted by molar-refractivity contribution is 6.04. The molecule has 3 N–H and O–H groups in total. The van der Waals surface area contributed by atoms with Gasteiger partial charge in [-0.2, -0.15) is 5.10 Å². The molecule has 27 heavy (non-hydrogen) atoms. The molecular weight excluding hydrogens is 336 g/mol. The minimum Gasteiger partial charge on any atom is -0.399 e. The van der Waals surface area contributed by atoms with Crippen LogP contribution in [0.4, 0.5) is 11.4 Å². The molecule has 4 rings (SSSR count). The number of hydrogen-bond acceptors (Lipinski definition) is 3. The van der Waals surface area contributed by atoms with Gasteiger partial charge >= 0.3 is 0 Å². The number of rotatable bonds is 3. The lowest BCUT2D eigenvalue weighted by atomic mass is 10.1. The lowest BCUT2D eigenvalue weighted by Gasteiger charge is -2.10. The number of anilines is 2. The molecule has 1 amide bonds. The summed E-state index contributed by atoms with van der Waals surface area (Å²) in [4.78, 5) is 13.0. The van der Waals surface area contributed by atoms with E-state index in [4.69, 9.17) is 10.8 Å². The maximum Gasteiger partial charge on any atom is 0.276 e. The lowest BCUT2D eigenvalue weighted by molar-refractivity contribution is 0.102. The Morgan fingerprint density at radius 2 is 1.89 bits per heavy atom. The number of benzene rings is 2. The summed E-state index contributed by atoms with van der Waals surface area (Å²) < 4.78 is 1.96. The molecule has 0 bridgehead atoms. The van der Waals surface area contributed by atoms with Crippen molar-refractivity contribution < 1.29 is 4.79 Å². The number of aryl methyl sites for hydroxylation is 3. The minimum atomic E-state index is -0.176. The normalized spacial score (nSPS) is 12.9. The second-order valence-corrected chi connectivity index (χ2v) is 7.36. The van der Waals surface area contributed by atoms with Gasteiger partial charge in [-0.3, -0.25) is 4.79 Å². The van der Waals surface area contributed by atoms with Gasteiger partial charge in [-0.05, 0) is 69.4 Å². The summed E-state index contributed by atoms with van der Waals surface area (Å²) in [6.07, 6.45) is 2.88. The molecule has 1 heterocycles. The molecule has 0 spiro atoms. The largest absolute Gasteiger partial charge is 0.399 e. The lowest BCUT2D eigenvalue weighted by Crippen LogP contribution is -2.16. The summed E-state index contributed by atoms with van der Waals surface area (Å²) in [5, 5.41) is 7.70. The first-order chi connectivity index (χ1) is 12.9. The molecule has 2 aromatic carbocycles. The van der Waals surface area contributed by atoms with E-state index in [1.807, 2.05) is 23.7 Å². The SMILES string of the molecule is Cc1ccc(-n2nc(C(=O)Nc3cc(N)ccc3C)c3c2CCC3)c(C)c1. The maximum absolute atomic E-state index is 13.0. The van der Waals surface area contributed by atoms with Gasteiger partial charge in [-0.15, -0.1) is 0 Å². The van der Waals surface area contributed by atoms with Crippen molar-refractivity contribution >= 4 is 17.3 Å². The van der Waals surface area contributed by atoms with Gasteiger partial charge in [-0.25, -0.2) is 4.68 Å². The van der Waals surface area contributed by atoms with E-state index in [0.717, 1.165) is 53.0 Å². The van der Waals surface area contributed by atoms with Crippen LogP contribution in [0.15, 0.2) is 36.4 Å². The molecule has 1 aromatic heterocycles. The van der Waals surface area contributed by atoms with Gasteiger partial charge in [0.05, 0.1) is 5.69 Å². The Bertz CT molecular complexity index is 1050. The van der Waals surface area contributed by atoms with Crippen molar-refractivity contribution in [2.75, 3.05) is 11.1 Å². The van der Waals surface area contributed by atoms with Gasteiger partial charge in [0.25, 0.3) is 5.91 Å². The van der Waals surface area contributed by atoms with E-state index >= 15 is 0 Å². The summed E-state index contributed by atoms with van der Waals surface area (Å²) in [6.45, 7) is 6.12. The van der Waals surface area contributed by atoms with Crippen LogP contribution in [-0.4, -0.2) is 15.7 Å². The molecule has 0 atom stereocenters. The van der Waals surface area contributed by atoms with Gasteiger partial charge < -0.3 is 11.1 Å². The van der Waals surface area contributed by atoms with Crippen molar-refractivity contribution in [3.05, 3.63) is 70.0 Å². The van der Waals surface area contributed by atoms with Crippen molar-refractivity contribution in [1.82, 2.24) is 9.78 Å². The second kappa shape index (κ2) is 6.58. The molecule has 0 fully saturated rings. The molecule has 1 aliphatic rings. The van der Waals surface area contributed by atoms with Crippen LogP contribution in [0, 0.1) is 20.8 Å². The summed E-state index contributed by atoms with van der Waals surface area (Å²) >= 11 is 0. The van der Waals surface area contributed by atoms with Crippen molar-refractivity contribution in [1.29, 1.82) is 0 Å². The van der Waals surface area contributed by atoms with E-state index < -0.39 is 0 Å². The van der Waals surface area contributed by atoms with Gasteiger partial charge in [0, 0.05) is 22.6 Å². The number of fused-ring (bicyclic) bond motifs is 1. The van der Waals surface area contributed by atoms with E-state index in [1.165, 1.54) is 5.56 Å². The average molecular weight is 360 g/mol. The number of aromatic nitrogens is 2. The van der Waals surface area contributed by atoms with E-state index in [9.17, 15) is 4.79 Å². The first kappa shape index (κ1) is 17.3. The highest BCUT2D eigenvalue weighted by atomic mass is 16.2. The van der Waals surface area contributed by atoms with E-state index in [2.05, 4.69) is 37.4 Å². The Kier molecular flexibility index (Phi) is 4.22. The number of hydrogen-bond donors (Lipinski definition) is 2. The second-order valence-electron chi connectivity index (χ2n) is 7.36. The molecular formula is C22H24N4O. The average Bonchev–Trinajstić information content (AvgIpc) is 3.21. The Balaban J connectivity index is 1.74. The van der Waals surface area contributed by atoms with E-state index in [1.54, 1.807) is 6.07 Å². The molecule has 0 unspecified atom stereocenters. The molecule has 0 saturated heterocycles. The Morgan fingerprint density at radius 3 is 2.67 bits per heavy atom. The number of amides is 1. The van der Waals surface area contributed by atoms with Gasteiger partial charge in [-0.1, -0.05) is 23.8 Å².